The Bertz CT molecular complexity index is 414. The van der Waals surface area contributed by atoms with Gasteiger partial charge in [0.1, 0.15) is 5.82 Å². The number of unbranched alkanes of at least 4 members (excludes halogenated alkanes) is 2. The maximum atomic E-state index is 14.3. The van der Waals surface area contributed by atoms with Crippen LogP contribution in [0.2, 0.25) is 0 Å². The van der Waals surface area contributed by atoms with E-state index < -0.39 is 0 Å². The largest absolute Gasteiger partial charge is 0.380 e. The summed E-state index contributed by atoms with van der Waals surface area (Å²) in [7, 11) is 1.61. The van der Waals surface area contributed by atoms with Crippen molar-refractivity contribution < 1.29 is 9.13 Å². The normalized spacial score (nSPS) is 18.4. The van der Waals surface area contributed by atoms with Crippen LogP contribution in [0.1, 0.15) is 55.7 Å². The average Bonchev–Trinajstić information content (AvgIpc) is 2.42. The molecule has 0 bridgehead atoms. The molecule has 0 fully saturated rings. The molecule has 0 amide bonds. The summed E-state index contributed by atoms with van der Waals surface area (Å²) in [6, 6.07) is 4.00. The molecule has 1 aromatic rings. The second-order valence-electron chi connectivity index (χ2n) is 5.71. The van der Waals surface area contributed by atoms with E-state index in [2.05, 4.69) is 13.0 Å². The number of hydrogen-bond donors (Lipinski definition) is 0. The smallest absolute Gasteiger partial charge is 0.132 e. The van der Waals surface area contributed by atoms with Crippen LogP contribution in [0, 0.1) is 11.7 Å². The number of hydrogen-bond acceptors (Lipinski definition) is 1. The summed E-state index contributed by atoms with van der Waals surface area (Å²) >= 11 is 0. The minimum Gasteiger partial charge on any atom is -0.380 e. The van der Waals surface area contributed by atoms with Crippen LogP contribution in [0.15, 0.2) is 12.1 Å². The highest BCUT2D eigenvalue weighted by Gasteiger charge is 2.22. The SMILES string of the molecule is CCCCCC1CCc2c(ccc(COC)c2F)C1. The Kier molecular flexibility index (Phi) is 5.38. The summed E-state index contributed by atoms with van der Waals surface area (Å²) in [5.74, 6) is 0.734. The fourth-order valence-electron chi connectivity index (χ4n) is 3.13. The van der Waals surface area contributed by atoms with E-state index >= 15 is 0 Å². The van der Waals surface area contributed by atoms with Gasteiger partial charge in [-0.1, -0.05) is 44.7 Å². The van der Waals surface area contributed by atoms with Gasteiger partial charge in [-0.2, -0.15) is 0 Å². The molecule has 0 spiro atoms. The molecular weight excluding hydrogens is 239 g/mol. The Hall–Kier alpha value is -0.890. The zero-order valence-electron chi connectivity index (χ0n) is 12.2. The Balaban J connectivity index is 2.03. The van der Waals surface area contributed by atoms with Gasteiger partial charge in [-0.3, -0.25) is 0 Å². The maximum absolute atomic E-state index is 14.3. The van der Waals surface area contributed by atoms with E-state index in [0.29, 0.717) is 12.2 Å². The molecule has 19 heavy (non-hydrogen) atoms. The average molecular weight is 264 g/mol. The van der Waals surface area contributed by atoms with Crippen molar-refractivity contribution in [1.29, 1.82) is 0 Å². The molecule has 0 aromatic heterocycles. The molecule has 1 aliphatic carbocycles. The van der Waals surface area contributed by atoms with E-state index in [1.807, 2.05) is 6.07 Å². The summed E-state index contributed by atoms with van der Waals surface area (Å²) in [6.45, 7) is 2.61. The van der Waals surface area contributed by atoms with Gasteiger partial charge in [0, 0.05) is 12.7 Å². The van der Waals surface area contributed by atoms with E-state index in [9.17, 15) is 4.39 Å². The highest BCUT2D eigenvalue weighted by Crippen LogP contribution is 2.31. The quantitative estimate of drug-likeness (QED) is 0.679. The van der Waals surface area contributed by atoms with Crippen LogP contribution in [-0.4, -0.2) is 7.11 Å². The molecular formula is C17H25FO. The molecule has 0 N–H and O–H groups in total. The van der Waals surface area contributed by atoms with Crippen LogP contribution in [0.3, 0.4) is 0 Å². The molecule has 0 saturated carbocycles. The zero-order chi connectivity index (χ0) is 13.7. The summed E-state index contributed by atoms with van der Waals surface area (Å²) in [5.41, 5.74) is 2.87. The fraction of sp³-hybridized carbons (Fsp3) is 0.647. The van der Waals surface area contributed by atoms with Crippen molar-refractivity contribution in [2.24, 2.45) is 5.92 Å². The lowest BCUT2D eigenvalue weighted by Gasteiger charge is -2.25. The predicted molar refractivity (Wildman–Crippen MR) is 76.8 cm³/mol. The molecule has 0 aliphatic heterocycles. The van der Waals surface area contributed by atoms with Gasteiger partial charge in [0.2, 0.25) is 0 Å². The molecule has 1 aliphatic rings. The first-order valence-electron chi connectivity index (χ1n) is 7.54. The number of ether oxygens (including phenoxy) is 1. The molecule has 2 rings (SSSR count). The standard InChI is InChI=1S/C17H25FO/c1-3-4-5-6-13-7-10-16-14(11-13)8-9-15(12-19-2)17(16)18/h8-9,13H,3-7,10-12H2,1-2H3. The first-order chi connectivity index (χ1) is 9.26. The lowest BCUT2D eigenvalue weighted by atomic mass is 9.80. The Morgan fingerprint density at radius 3 is 2.89 bits per heavy atom. The van der Waals surface area contributed by atoms with Crippen LogP contribution in [0.25, 0.3) is 0 Å². The van der Waals surface area contributed by atoms with Crippen molar-refractivity contribution in [3.05, 3.63) is 34.6 Å². The molecule has 1 aromatic carbocycles. The van der Waals surface area contributed by atoms with Crippen molar-refractivity contribution in [1.82, 2.24) is 0 Å². The Morgan fingerprint density at radius 1 is 1.32 bits per heavy atom. The molecule has 106 valence electrons. The van der Waals surface area contributed by atoms with Gasteiger partial charge in [0.15, 0.2) is 0 Å². The third kappa shape index (κ3) is 3.56. The van der Waals surface area contributed by atoms with Gasteiger partial charge in [-0.05, 0) is 36.3 Å². The Labute approximate surface area is 116 Å². The fourth-order valence-corrected chi connectivity index (χ4v) is 3.13. The molecule has 1 nitrogen and oxygen atoms in total. The van der Waals surface area contributed by atoms with E-state index in [1.54, 1.807) is 7.11 Å². The summed E-state index contributed by atoms with van der Waals surface area (Å²) in [5, 5.41) is 0. The van der Waals surface area contributed by atoms with Crippen LogP contribution in [0.4, 0.5) is 4.39 Å². The summed E-state index contributed by atoms with van der Waals surface area (Å²) in [6.07, 6.45) is 8.32. The predicted octanol–water partition coefficient (Wildman–Crippen LogP) is 4.66. The van der Waals surface area contributed by atoms with Crippen molar-refractivity contribution >= 4 is 0 Å². The monoisotopic (exact) mass is 264 g/mol. The van der Waals surface area contributed by atoms with Gasteiger partial charge in [-0.15, -0.1) is 0 Å². The van der Waals surface area contributed by atoms with E-state index in [4.69, 9.17) is 4.74 Å². The second-order valence-corrected chi connectivity index (χ2v) is 5.71. The summed E-state index contributed by atoms with van der Waals surface area (Å²) in [4.78, 5) is 0. The highest BCUT2D eigenvalue weighted by atomic mass is 19.1. The van der Waals surface area contributed by atoms with Gasteiger partial charge < -0.3 is 4.74 Å². The van der Waals surface area contributed by atoms with Crippen molar-refractivity contribution in [3.8, 4) is 0 Å². The third-order valence-electron chi connectivity index (χ3n) is 4.25. The van der Waals surface area contributed by atoms with E-state index in [0.717, 1.165) is 30.7 Å². The molecule has 1 atom stereocenters. The van der Waals surface area contributed by atoms with Crippen LogP contribution in [-0.2, 0) is 24.2 Å². The maximum Gasteiger partial charge on any atom is 0.132 e. The minimum absolute atomic E-state index is 0.0219. The van der Waals surface area contributed by atoms with Gasteiger partial charge in [0.05, 0.1) is 6.61 Å². The van der Waals surface area contributed by atoms with Crippen LogP contribution in [0.5, 0.6) is 0 Å². The number of methoxy groups -OCH3 is 1. The topological polar surface area (TPSA) is 9.23 Å². The van der Waals surface area contributed by atoms with Crippen molar-refractivity contribution in [3.63, 3.8) is 0 Å². The molecule has 0 radical (unpaired) electrons. The van der Waals surface area contributed by atoms with Crippen molar-refractivity contribution in [2.45, 2.75) is 58.5 Å². The lowest BCUT2D eigenvalue weighted by Crippen LogP contribution is -2.16. The zero-order valence-corrected chi connectivity index (χ0v) is 12.2. The molecule has 0 heterocycles. The van der Waals surface area contributed by atoms with Gasteiger partial charge >= 0.3 is 0 Å². The molecule has 0 saturated heterocycles. The van der Waals surface area contributed by atoms with Gasteiger partial charge in [-0.25, -0.2) is 4.39 Å². The van der Waals surface area contributed by atoms with E-state index in [-0.39, 0.29) is 5.82 Å². The summed E-state index contributed by atoms with van der Waals surface area (Å²) < 4.78 is 19.3. The number of benzene rings is 1. The van der Waals surface area contributed by atoms with Crippen LogP contribution < -0.4 is 0 Å². The number of fused-ring (bicyclic) bond motifs is 1. The Morgan fingerprint density at radius 2 is 2.16 bits per heavy atom. The molecule has 1 unspecified atom stereocenters. The second kappa shape index (κ2) is 7.04. The number of rotatable bonds is 6. The van der Waals surface area contributed by atoms with Gasteiger partial charge in [0.25, 0.3) is 0 Å². The number of halogens is 1. The van der Waals surface area contributed by atoms with Crippen molar-refractivity contribution in [2.75, 3.05) is 7.11 Å². The minimum atomic E-state index is -0.0219. The first kappa shape index (κ1) is 14.5. The molecule has 2 heteroatoms. The third-order valence-corrected chi connectivity index (χ3v) is 4.25. The first-order valence-corrected chi connectivity index (χ1v) is 7.54. The van der Waals surface area contributed by atoms with Crippen LogP contribution >= 0.6 is 0 Å². The van der Waals surface area contributed by atoms with E-state index in [1.165, 1.54) is 31.2 Å². The lowest BCUT2D eigenvalue weighted by molar-refractivity contribution is 0.181. The highest BCUT2D eigenvalue weighted by molar-refractivity contribution is 5.35.